The molecule has 0 atom stereocenters. The highest BCUT2D eigenvalue weighted by Crippen LogP contribution is 2.39. The van der Waals surface area contributed by atoms with E-state index in [2.05, 4.69) is 10.6 Å². The summed E-state index contributed by atoms with van der Waals surface area (Å²) in [6, 6.07) is 1.57. The number of carbonyl (C=O) groups is 2. The summed E-state index contributed by atoms with van der Waals surface area (Å²) in [5.41, 5.74) is 1.41. The summed E-state index contributed by atoms with van der Waals surface area (Å²) < 4.78 is 5.27. The van der Waals surface area contributed by atoms with Crippen molar-refractivity contribution in [2.75, 3.05) is 29.5 Å². The summed E-state index contributed by atoms with van der Waals surface area (Å²) in [6.07, 6.45) is -1.92. The lowest BCUT2D eigenvalue weighted by Gasteiger charge is -2.20. The van der Waals surface area contributed by atoms with Gasteiger partial charge in [0.25, 0.3) is 0 Å². The van der Waals surface area contributed by atoms with Gasteiger partial charge in [-0.25, -0.2) is 9.59 Å². The smallest absolute Gasteiger partial charge is 0.409 e. The molecule has 0 saturated carbocycles. The Morgan fingerprint density at radius 3 is 2.18 bits per heavy atom. The third-order valence-electron chi connectivity index (χ3n) is 2.85. The maximum absolute atomic E-state index is 11.0. The maximum atomic E-state index is 11.0. The summed E-state index contributed by atoms with van der Waals surface area (Å²) >= 11 is 11.5. The fourth-order valence-corrected chi connectivity index (χ4v) is 2.49. The third-order valence-corrected chi connectivity index (χ3v) is 3.23. The SMILES string of the molecule is COc1c(CCCl)cc(NC(=O)O)c(CCCl)c1NC(=O)O. The predicted molar refractivity (Wildman–Crippen MR) is 85.1 cm³/mol. The van der Waals surface area contributed by atoms with Gasteiger partial charge in [0.05, 0.1) is 12.8 Å². The normalized spacial score (nSPS) is 10.1. The summed E-state index contributed by atoms with van der Waals surface area (Å²) in [5.74, 6) is 0.754. The van der Waals surface area contributed by atoms with Crippen molar-refractivity contribution in [1.82, 2.24) is 0 Å². The second kappa shape index (κ2) is 8.55. The Bertz CT molecular complexity index is 566. The van der Waals surface area contributed by atoms with Crippen molar-refractivity contribution in [2.24, 2.45) is 0 Å². The Hall–Kier alpha value is -1.86. The zero-order chi connectivity index (χ0) is 16.7. The van der Waals surface area contributed by atoms with Gasteiger partial charge in [-0.05, 0) is 24.5 Å². The molecule has 1 aromatic rings. The molecule has 0 unspecified atom stereocenters. The molecule has 7 nitrogen and oxygen atoms in total. The molecule has 0 saturated heterocycles. The number of methoxy groups -OCH3 is 1. The maximum Gasteiger partial charge on any atom is 0.409 e. The highest BCUT2D eigenvalue weighted by atomic mass is 35.5. The number of nitrogens with one attached hydrogen (secondary N) is 2. The summed E-state index contributed by atoms with van der Waals surface area (Å²) in [4.78, 5) is 22.0. The first kappa shape index (κ1) is 18.2. The lowest BCUT2D eigenvalue weighted by atomic mass is 10.0. The minimum Gasteiger partial charge on any atom is -0.494 e. The van der Waals surface area contributed by atoms with E-state index in [1.807, 2.05) is 0 Å². The van der Waals surface area contributed by atoms with E-state index in [1.54, 1.807) is 6.07 Å². The lowest BCUT2D eigenvalue weighted by molar-refractivity contribution is 0.208. The number of rotatable bonds is 7. The molecule has 0 bridgehead atoms. The van der Waals surface area contributed by atoms with Crippen LogP contribution in [0.2, 0.25) is 0 Å². The van der Waals surface area contributed by atoms with E-state index in [4.69, 9.17) is 38.2 Å². The van der Waals surface area contributed by atoms with Crippen molar-refractivity contribution in [3.8, 4) is 5.75 Å². The largest absolute Gasteiger partial charge is 0.494 e. The molecule has 0 radical (unpaired) electrons. The zero-order valence-corrected chi connectivity index (χ0v) is 13.3. The third kappa shape index (κ3) is 4.57. The fourth-order valence-electron chi connectivity index (χ4n) is 2.10. The number of amides is 2. The van der Waals surface area contributed by atoms with Gasteiger partial charge in [-0.1, -0.05) is 0 Å². The van der Waals surface area contributed by atoms with Gasteiger partial charge in [0.1, 0.15) is 5.75 Å². The van der Waals surface area contributed by atoms with Gasteiger partial charge in [-0.3, -0.25) is 10.6 Å². The van der Waals surface area contributed by atoms with Crippen molar-refractivity contribution < 1.29 is 24.5 Å². The van der Waals surface area contributed by atoms with Crippen LogP contribution in [0.5, 0.6) is 5.75 Å². The number of hydrogen-bond acceptors (Lipinski definition) is 3. The van der Waals surface area contributed by atoms with Crippen LogP contribution in [0.1, 0.15) is 11.1 Å². The first-order valence-electron chi connectivity index (χ1n) is 6.29. The van der Waals surface area contributed by atoms with Gasteiger partial charge in [-0.15, -0.1) is 23.2 Å². The molecule has 0 aliphatic carbocycles. The zero-order valence-electron chi connectivity index (χ0n) is 11.8. The number of anilines is 2. The number of hydrogen-bond donors (Lipinski definition) is 4. The standard InChI is InChI=1S/C13H16Cl2N2O5/c1-22-11-7(2-4-14)6-9(16-12(18)19)8(3-5-15)10(11)17-13(20)21/h6,16-17H,2-5H2,1H3,(H,18,19)(H,20,21). The minimum absolute atomic E-state index is 0.169. The molecular weight excluding hydrogens is 335 g/mol. The van der Waals surface area contributed by atoms with Crippen LogP contribution in [-0.2, 0) is 12.8 Å². The predicted octanol–water partition coefficient (Wildman–Crippen LogP) is 3.44. The average Bonchev–Trinajstić information content (AvgIpc) is 2.42. The van der Waals surface area contributed by atoms with Crippen molar-refractivity contribution in [3.63, 3.8) is 0 Å². The summed E-state index contributed by atoms with van der Waals surface area (Å²) in [6.45, 7) is 0. The van der Waals surface area contributed by atoms with E-state index in [1.165, 1.54) is 7.11 Å². The summed E-state index contributed by atoms with van der Waals surface area (Å²) in [7, 11) is 1.40. The molecule has 22 heavy (non-hydrogen) atoms. The highest BCUT2D eigenvalue weighted by Gasteiger charge is 2.21. The van der Waals surface area contributed by atoms with Gasteiger partial charge in [0, 0.05) is 23.0 Å². The summed E-state index contributed by atoms with van der Waals surface area (Å²) in [5, 5.41) is 22.4. The van der Waals surface area contributed by atoms with Crippen molar-refractivity contribution in [1.29, 1.82) is 0 Å². The Morgan fingerprint density at radius 2 is 1.73 bits per heavy atom. The van der Waals surface area contributed by atoms with E-state index >= 15 is 0 Å². The molecule has 0 aromatic heterocycles. The molecule has 1 aromatic carbocycles. The molecule has 0 aliphatic heterocycles. The fraction of sp³-hybridized carbons (Fsp3) is 0.385. The van der Waals surface area contributed by atoms with E-state index in [0.29, 0.717) is 23.3 Å². The monoisotopic (exact) mass is 350 g/mol. The molecule has 4 N–H and O–H groups in total. The average molecular weight is 351 g/mol. The molecule has 1 rings (SSSR count). The van der Waals surface area contributed by atoms with E-state index in [-0.39, 0.29) is 29.6 Å². The first-order chi connectivity index (χ1) is 10.4. The number of halogens is 2. The molecule has 2 amide bonds. The Kier molecular flexibility index (Phi) is 7.07. The number of carboxylic acid groups (broad SMARTS) is 2. The van der Waals surface area contributed by atoms with E-state index in [0.717, 1.165) is 0 Å². The number of aryl methyl sites for hydroxylation is 1. The highest BCUT2D eigenvalue weighted by molar-refractivity contribution is 6.18. The van der Waals surface area contributed by atoms with Crippen LogP contribution in [0.15, 0.2) is 6.07 Å². The van der Waals surface area contributed by atoms with Crippen molar-refractivity contribution in [3.05, 3.63) is 17.2 Å². The van der Waals surface area contributed by atoms with Gasteiger partial charge in [0.2, 0.25) is 0 Å². The van der Waals surface area contributed by atoms with Crippen LogP contribution < -0.4 is 15.4 Å². The van der Waals surface area contributed by atoms with Crippen LogP contribution in [0.25, 0.3) is 0 Å². The molecule has 0 fully saturated rings. The molecule has 0 spiro atoms. The number of ether oxygens (including phenoxy) is 1. The molecule has 0 aliphatic rings. The number of alkyl halides is 2. The van der Waals surface area contributed by atoms with Gasteiger partial charge in [0.15, 0.2) is 0 Å². The van der Waals surface area contributed by atoms with Crippen LogP contribution in [0.4, 0.5) is 21.0 Å². The first-order valence-corrected chi connectivity index (χ1v) is 7.36. The minimum atomic E-state index is -1.29. The Balaban J connectivity index is 3.57. The van der Waals surface area contributed by atoms with Crippen LogP contribution >= 0.6 is 23.2 Å². The topological polar surface area (TPSA) is 108 Å². The molecule has 122 valence electrons. The lowest BCUT2D eigenvalue weighted by Crippen LogP contribution is -2.16. The van der Waals surface area contributed by atoms with E-state index < -0.39 is 12.2 Å². The van der Waals surface area contributed by atoms with Crippen molar-refractivity contribution >= 4 is 46.8 Å². The van der Waals surface area contributed by atoms with Crippen molar-refractivity contribution in [2.45, 2.75) is 12.8 Å². The van der Waals surface area contributed by atoms with Gasteiger partial charge >= 0.3 is 12.2 Å². The second-order valence-electron chi connectivity index (χ2n) is 4.21. The van der Waals surface area contributed by atoms with Crippen LogP contribution in [0, 0.1) is 0 Å². The van der Waals surface area contributed by atoms with Gasteiger partial charge < -0.3 is 14.9 Å². The van der Waals surface area contributed by atoms with Crippen LogP contribution in [0.3, 0.4) is 0 Å². The molecular formula is C13H16Cl2N2O5. The molecule has 9 heteroatoms. The quantitative estimate of drug-likeness (QED) is 0.563. The number of benzene rings is 1. The molecule has 0 heterocycles. The van der Waals surface area contributed by atoms with Gasteiger partial charge in [-0.2, -0.15) is 0 Å². The Labute approximate surface area is 137 Å². The van der Waals surface area contributed by atoms with E-state index in [9.17, 15) is 9.59 Å². The van der Waals surface area contributed by atoms with Crippen LogP contribution in [-0.4, -0.2) is 41.3 Å². The Morgan fingerprint density at radius 1 is 1.14 bits per heavy atom. The second-order valence-corrected chi connectivity index (χ2v) is 4.96.